The topological polar surface area (TPSA) is 158 Å². The molecule has 0 atom stereocenters. The summed E-state index contributed by atoms with van der Waals surface area (Å²) in [6.45, 7) is 0. The van der Waals surface area contributed by atoms with Crippen LogP contribution in [0.1, 0.15) is 21.0 Å². The molecule has 0 aliphatic heterocycles. The third kappa shape index (κ3) is 6.09. The molecule has 0 radical (unpaired) electrons. The Hall–Kier alpha value is -0.797. The number of nitrogen functional groups attached to an aromatic ring is 2. The minimum absolute atomic E-state index is 0. The fourth-order valence-corrected chi connectivity index (χ4v) is 2.50. The summed E-state index contributed by atoms with van der Waals surface area (Å²) in [6.07, 6.45) is 0. The minimum atomic E-state index is -1.56. The van der Waals surface area contributed by atoms with Gasteiger partial charge in [-0.25, -0.2) is 9.97 Å². The van der Waals surface area contributed by atoms with Crippen LogP contribution in [0.3, 0.4) is 0 Å². The first-order chi connectivity index (χ1) is 11.9. The van der Waals surface area contributed by atoms with Crippen LogP contribution in [0.15, 0.2) is 0 Å². The summed E-state index contributed by atoms with van der Waals surface area (Å²) in [5.74, 6) is -3.12. The van der Waals surface area contributed by atoms with Crippen molar-refractivity contribution < 1.29 is 39.3 Å². The van der Waals surface area contributed by atoms with E-state index in [1.54, 1.807) is 0 Å². The monoisotopic (exact) mass is 542 g/mol. The minimum Gasteiger partial charge on any atom is -0.543 e. The molecule has 0 spiro atoms. The maximum atomic E-state index is 10.4. The molecular formula is C12H4Cl6N4O4Zn. The molecule has 0 bridgehead atoms. The number of carbonyl (C=O) groups excluding carboxylic acids is 2. The van der Waals surface area contributed by atoms with E-state index in [9.17, 15) is 19.8 Å². The molecule has 0 amide bonds. The Kier molecular flexibility index (Phi) is 10.4. The van der Waals surface area contributed by atoms with Crippen molar-refractivity contribution in [2.45, 2.75) is 0 Å². The van der Waals surface area contributed by atoms with Gasteiger partial charge in [0.25, 0.3) is 0 Å². The third-order valence-electron chi connectivity index (χ3n) is 2.53. The molecule has 0 aliphatic carbocycles. The normalized spacial score (nSPS) is 9.70. The second-order valence-electron chi connectivity index (χ2n) is 4.16. The predicted molar refractivity (Wildman–Crippen MR) is 96.0 cm³/mol. The molecule has 4 N–H and O–H groups in total. The van der Waals surface area contributed by atoms with Crippen LogP contribution in [0.5, 0.6) is 0 Å². The quantitative estimate of drug-likeness (QED) is 0.428. The van der Waals surface area contributed by atoms with E-state index in [-0.39, 0.29) is 61.2 Å². The fraction of sp³-hybridized carbons (Fsp3) is 0. The van der Waals surface area contributed by atoms with Gasteiger partial charge in [-0.2, -0.15) is 0 Å². The maximum absolute atomic E-state index is 10.4. The van der Waals surface area contributed by atoms with Crippen molar-refractivity contribution in [2.75, 3.05) is 11.5 Å². The number of pyridine rings is 2. The molecule has 140 valence electrons. The number of hydrogen-bond acceptors (Lipinski definition) is 8. The van der Waals surface area contributed by atoms with Gasteiger partial charge in [-0.15, -0.1) is 0 Å². The number of halogens is 6. The molecule has 0 saturated heterocycles. The summed E-state index contributed by atoms with van der Waals surface area (Å²) in [7, 11) is 0. The van der Waals surface area contributed by atoms with Crippen LogP contribution in [-0.2, 0) is 19.5 Å². The van der Waals surface area contributed by atoms with Crippen LogP contribution in [0.4, 0.5) is 11.4 Å². The van der Waals surface area contributed by atoms with Crippen molar-refractivity contribution in [3.05, 3.63) is 41.8 Å². The van der Waals surface area contributed by atoms with Gasteiger partial charge in [0.1, 0.15) is 21.4 Å². The summed E-state index contributed by atoms with van der Waals surface area (Å²) in [5, 5.41) is 19.7. The van der Waals surface area contributed by atoms with E-state index in [0.717, 1.165) is 0 Å². The first-order valence-electron chi connectivity index (χ1n) is 5.92. The van der Waals surface area contributed by atoms with E-state index in [1.807, 2.05) is 0 Å². The average molecular weight is 546 g/mol. The maximum Gasteiger partial charge on any atom is 2.00 e. The van der Waals surface area contributed by atoms with Crippen molar-refractivity contribution in [3.8, 4) is 0 Å². The van der Waals surface area contributed by atoms with Gasteiger partial charge in [0, 0.05) is 0 Å². The van der Waals surface area contributed by atoms with Crippen LogP contribution in [0, 0.1) is 0 Å². The van der Waals surface area contributed by atoms with Gasteiger partial charge < -0.3 is 31.3 Å². The number of anilines is 2. The summed E-state index contributed by atoms with van der Waals surface area (Å²) in [6, 6.07) is 0. The molecule has 0 aliphatic rings. The van der Waals surface area contributed by atoms with Crippen LogP contribution in [-0.4, -0.2) is 21.9 Å². The van der Waals surface area contributed by atoms with E-state index < -0.39 is 23.3 Å². The van der Waals surface area contributed by atoms with Crippen molar-refractivity contribution in [1.82, 2.24) is 9.97 Å². The smallest absolute Gasteiger partial charge is 0.543 e. The second-order valence-corrected chi connectivity index (χ2v) is 6.39. The molecule has 2 aromatic heterocycles. The summed E-state index contributed by atoms with van der Waals surface area (Å²) in [4.78, 5) is 27.6. The Labute approximate surface area is 194 Å². The van der Waals surface area contributed by atoms with Crippen molar-refractivity contribution in [1.29, 1.82) is 0 Å². The van der Waals surface area contributed by atoms with Crippen LogP contribution < -0.4 is 21.7 Å². The molecule has 2 rings (SSSR count). The Morgan fingerprint density at radius 3 is 1.15 bits per heavy atom. The largest absolute Gasteiger partial charge is 2.00 e. The van der Waals surface area contributed by atoms with Gasteiger partial charge in [-0.3, -0.25) is 0 Å². The van der Waals surface area contributed by atoms with E-state index in [4.69, 9.17) is 81.1 Å². The number of nitrogens with zero attached hydrogens (tertiary/aromatic N) is 2. The molecule has 0 saturated carbocycles. The summed E-state index contributed by atoms with van der Waals surface area (Å²) in [5.41, 5.74) is 9.40. The number of hydrogen-bond donors (Lipinski definition) is 2. The van der Waals surface area contributed by atoms with E-state index in [1.165, 1.54) is 0 Å². The molecule has 2 heterocycles. The fourth-order valence-electron chi connectivity index (χ4n) is 1.33. The van der Waals surface area contributed by atoms with Crippen molar-refractivity contribution in [3.63, 3.8) is 0 Å². The Balaban J connectivity index is 0.000000483. The van der Waals surface area contributed by atoms with E-state index in [0.29, 0.717) is 0 Å². The van der Waals surface area contributed by atoms with Gasteiger partial charge in [0.05, 0.1) is 33.4 Å². The first kappa shape index (κ1) is 26.2. The zero-order valence-electron chi connectivity index (χ0n) is 12.7. The van der Waals surface area contributed by atoms with Gasteiger partial charge in [0.2, 0.25) is 0 Å². The van der Waals surface area contributed by atoms with Crippen LogP contribution in [0.25, 0.3) is 0 Å². The molecular weight excluding hydrogens is 542 g/mol. The summed E-state index contributed by atoms with van der Waals surface area (Å²) >= 11 is 33.0. The summed E-state index contributed by atoms with van der Waals surface area (Å²) < 4.78 is 0. The number of carbonyl (C=O) groups is 2. The van der Waals surface area contributed by atoms with Crippen LogP contribution >= 0.6 is 69.6 Å². The third-order valence-corrected chi connectivity index (χ3v) is 4.80. The first-order valence-corrected chi connectivity index (χ1v) is 8.19. The standard InChI is InChI=1S/2C6H3Cl3N2O2.Zn/c2*7-1-3(10)2(8)5(9)11-4(1)6(12)13;/h2*(H2,10,11)(H,12,13);/q;;+2/p-2. The molecule has 15 heteroatoms. The number of rotatable bonds is 2. The molecule has 0 unspecified atom stereocenters. The molecule has 2 aromatic rings. The molecule has 0 aromatic carbocycles. The Morgan fingerprint density at radius 1 is 0.667 bits per heavy atom. The number of carboxylic acid groups (broad SMARTS) is 2. The predicted octanol–water partition coefficient (Wildman–Crippen LogP) is 1.97. The van der Waals surface area contributed by atoms with E-state index >= 15 is 0 Å². The molecule has 0 fully saturated rings. The van der Waals surface area contributed by atoms with E-state index in [2.05, 4.69) is 9.97 Å². The Morgan fingerprint density at radius 2 is 0.926 bits per heavy atom. The van der Waals surface area contributed by atoms with Gasteiger partial charge in [-0.1, -0.05) is 69.6 Å². The van der Waals surface area contributed by atoms with Gasteiger partial charge >= 0.3 is 19.5 Å². The zero-order valence-corrected chi connectivity index (χ0v) is 20.2. The van der Waals surface area contributed by atoms with Gasteiger partial charge in [0.15, 0.2) is 10.3 Å². The van der Waals surface area contributed by atoms with Gasteiger partial charge in [-0.05, 0) is 0 Å². The number of aromatic nitrogens is 2. The van der Waals surface area contributed by atoms with Crippen molar-refractivity contribution >= 4 is 92.9 Å². The molecule has 27 heavy (non-hydrogen) atoms. The average Bonchev–Trinajstić information content (AvgIpc) is 2.57. The zero-order chi connectivity index (χ0) is 20.3. The number of aromatic carboxylic acids is 2. The molecule has 8 nitrogen and oxygen atoms in total. The number of nitrogens with two attached hydrogens (primary N) is 2. The van der Waals surface area contributed by atoms with Crippen molar-refractivity contribution in [2.24, 2.45) is 0 Å². The Bertz CT molecular complexity index is 841. The second kappa shape index (κ2) is 10.7. The number of carboxylic acids is 2. The van der Waals surface area contributed by atoms with Crippen LogP contribution in [0.2, 0.25) is 30.4 Å². The SMILES string of the molecule is Nc1c(Cl)c(Cl)nc(C(=O)[O-])c1Cl.Nc1c(Cl)c(Cl)nc(C(=O)[O-])c1Cl.[Zn+2].